The summed E-state index contributed by atoms with van der Waals surface area (Å²) in [7, 11) is 1.74. The Hall–Kier alpha value is -3.43. The zero-order chi connectivity index (χ0) is 23.0. The van der Waals surface area contributed by atoms with Crippen molar-refractivity contribution in [1.82, 2.24) is 24.1 Å². The average molecular weight is 474 g/mol. The zero-order valence-electron chi connectivity index (χ0n) is 17.1. The molecular formula is C21H17Cl2N5O4. The quantitative estimate of drug-likeness (QED) is 0.413. The Bertz CT molecular complexity index is 1470. The van der Waals surface area contributed by atoms with E-state index >= 15 is 0 Å². The van der Waals surface area contributed by atoms with E-state index in [1.807, 2.05) is 0 Å². The number of hydrogen-bond acceptors (Lipinski definition) is 6. The van der Waals surface area contributed by atoms with Gasteiger partial charge in [-0.25, -0.2) is 14.3 Å². The van der Waals surface area contributed by atoms with Crippen LogP contribution in [0.4, 0.5) is 0 Å². The molecule has 0 bridgehead atoms. The monoisotopic (exact) mass is 473 g/mol. The molecule has 2 aromatic carbocycles. The van der Waals surface area contributed by atoms with Gasteiger partial charge >= 0.3 is 11.7 Å². The van der Waals surface area contributed by atoms with Gasteiger partial charge < -0.3 is 4.74 Å². The lowest BCUT2D eigenvalue weighted by Gasteiger charge is -2.14. The summed E-state index contributed by atoms with van der Waals surface area (Å²) in [5, 5.41) is 8.51. The number of esters is 1. The molecule has 0 N–H and O–H groups in total. The molecule has 0 saturated heterocycles. The van der Waals surface area contributed by atoms with Crippen molar-refractivity contribution < 1.29 is 9.53 Å². The summed E-state index contributed by atoms with van der Waals surface area (Å²) in [6.07, 6.45) is 1.18. The second kappa shape index (κ2) is 8.60. The topological polar surface area (TPSA) is 101 Å². The Morgan fingerprint density at radius 3 is 2.69 bits per heavy atom. The van der Waals surface area contributed by atoms with E-state index in [1.54, 1.807) is 55.1 Å². The molecule has 4 rings (SSSR count). The van der Waals surface area contributed by atoms with E-state index in [2.05, 4.69) is 10.3 Å². The third kappa shape index (κ3) is 3.80. The lowest BCUT2D eigenvalue weighted by Crippen LogP contribution is -2.42. The molecule has 0 spiro atoms. The summed E-state index contributed by atoms with van der Waals surface area (Å²) in [6.45, 7) is 1.51. The molecule has 0 atom stereocenters. The minimum atomic E-state index is -0.835. The fourth-order valence-corrected chi connectivity index (χ4v) is 3.67. The number of halogens is 2. The first kappa shape index (κ1) is 21.8. The Labute approximate surface area is 191 Å². The van der Waals surface area contributed by atoms with Gasteiger partial charge in [0.25, 0.3) is 5.56 Å². The van der Waals surface area contributed by atoms with Crippen LogP contribution in [0.15, 0.2) is 52.2 Å². The minimum Gasteiger partial charge on any atom is -0.462 e. The molecule has 0 fully saturated rings. The highest BCUT2D eigenvalue weighted by atomic mass is 35.5. The standard InChI is InChI=1S/C21H17Cl2N5O4/c1-3-32-20(30)14-11-27(13-7-8-17-16(9-13)24-25-26(17)2)21(31)28(19(14)29)10-12-5-4-6-15(22)18(12)23/h4-9,11H,3,10H2,1-2H3. The van der Waals surface area contributed by atoms with Gasteiger partial charge in [0.15, 0.2) is 0 Å². The van der Waals surface area contributed by atoms with Gasteiger partial charge in [0.05, 0.1) is 34.4 Å². The fraction of sp³-hybridized carbons (Fsp3) is 0.190. The van der Waals surface area contributed by atoms with Crippen LogP contribution in [0.25, 0.3) is 16.7 Å². The Morgan fingerprint density at radius 2 is 1.94 bits per heavy atom. The van der Waals surface area contributed by atoms with E-state index in [1.165, 1.54) is 10.8 Å². The predicted molar refractivity (Wildman–Crippen MR) is 120 cm³/mol. The molecule has 164 valence electrons. The number of rotatable bonds is 5. The zero-order valence-corrected chi connectivity index (χ0v) is 18.6. The summed E-state index contributed by atoms with van der Waals surface area (Å²) in [5.41, 5.74) is 0.416. The van der Waals surface area contributed by atoms with Crippen molar-refractivity contribution in [3.8, 4) is 5.69 Å². The van der Waals surface area contributed by atoms with Crippen LogP contribution in [-0.2, 0) is 18.3 Å². The van der Waals surface area contributed by atoms with Crippen molar-refractivity contribution in [2.75, 3.05) is 6.61 Å². The number of carbonyl (C=O) groups excluding carboxylic acids is 1. The number of benzene rings is 2. The molecule has 2 heterocycles. The molecular weight excluding hydrogens is 457 g/mol. The SMILES string of the molecule is CCOC(=O)c1cn(-c2ccc3c(c2)nnn3C)c(=O)n(Cc2cccc(Cl)c2Cl)c1=O. The van der Waals surface area contributed by atoms with Crippen LogP contribution in [0, 0.1) is 0 Å². The number of fused-ring (bicyclic) bond motifs is 1. The van der Waals surface area contributed by atoms with Gasteiger partial charge in [0.1, 0.15) is 11.1 Å². The van der Waals surface area contributed by atoms with Crippen molar-refractivity contribution in [2.45, 2.75) is 13.5 Å². The first-order valence-corrected chi connectivity index (χ1v) is 10.3. The molecule has 0 amide bonds. The summed E-state index contributed by atoms with van der Waals surface area (Å²) in [6, 6.07) is 9.95. The van der Waals surface area contributed by atoms with Gasteiger partial charge in [-0.3, -0.25) is 13.9 Å². The third-order valence-corrected chi connectivity index (χ3v) is 5.76. The van der Waals surface area contributed by atoms with Crippen molar-refractivity contribution >= 4 is 40.2 Å². The van der Waals surface area contributed by atoms with Gasteiger partial charge in [0.2, 0.25) is 0 Å². The summed E-state index contributed by atoms with van der Waals surface area (Å²) in [4.78, 5) is 38.9. The first-order valence-electron chi connectivity index (χ1n) is 9.58. The number of aromatic nitrogens is 5. The van der Waals surface area contributed by atoms with Crippen molar-refractivity contribution in [2.24, 2.45) is 7.05 Å². The molecule has 0 aliphatic rings. The van der Waals surface area contributed by atoms with Gasteiger partial charge in [-0.05, 0) is 36.8 Å². The maximum atomic E-state index is 13.3. The van der Waals surface area contributed by atoms with Crippen LogP contribution in [-0.4, -0.2) is 36.7 Å². The molecule has 4 aromatic rings. The van der Waals surface area contributed by atoms with E-state index in [0.29, 0.717) is 16.8 Å². The number of hydrogen-bond donors (Lipinski definition) is 0. The van der Waals surface area contributed by atoms with Gasteiger partial charge in [-0.1, -0.05) is 40.5 Å². The maximum Gasteiger partial charge on any atom is 0.345 e. The second-order valence-electron chi connectivity index (χ2n) is 6.91. The normalized spacial score (nSPS) is 11.1. The van der Waals surface area contributed by atoms with Gasteiger partial charge in [-0.15, -0.1) is 5.10 Å². The average Bonchev–Trinajstić information content (AvgIpc) is 3.14. The minimum absolute atomic E-state index is 0.0725. The summed E-state index contributed by atoms with van der Waals surface area (Å²) in [5.74, 6) is -0.835. The largest absolute Gasteiger partial charge is 0.462 e. The van der Waals surface area contributed by atoms with E-state index in [0.717, 1.165) is 10.1 Å². The maximum absolute atomic E-state index is 13.3. The van der Waals surface area contributed by atoms with E-state index in [4.69, 9.17) is 27.9 Å². The smallest absolute Gasteiger partial charge is 0.345 e. The van der Waals surface area contributed by atoms with Crippen LogP contribution < -0.4 is 11.2 Å². The molecule has 2 aromatic heterocycles. The van der Waals surface area contributed by atoms with Gasteiger partial charge in [0, 0.05) is 13.2 Å². The molecule has 0 aliphatic heterocycles. The second-order valence-corrected chi connectivity index (χ2v) is 7.69. The van der Waals surface area contributed by atoms with Gasteiger partial charge in [-0.2, -0.15) is 0 Å². The Kier molecular flexibility index (Phi) is 5.86. The van der Waals surface area contributed by atoms with Crippen LogP contribution in [0.1, 0.15) is 22.8 Å². The summed E-state index contributed by atoms with van der Waals surface area (Å²) < 4.78 is 8.73. The first-order chi connectivity index (χ1) is 15.3. The predicted octanol–water partition coefficient (Wildman–Crippen LogP) is 2.81. The highest BCUT2D eigenvalue weighted by Crippen LogP contribution is 2.25. The van der Waals surface area contributed by atoms with Crippen LogP contribution in [0.3, 0.4) is 0 Å². The summed E-state index contributed by atoms with van der Waals surface area (Å²) >= 11 is 12.3. The van der Waals surface area contributed by atoms with E-state index in [9.17, 15) is 14.4 Å². The van der Waals surface area contributed by atoms with Crippen molar-refractivity contribution in [1.29, 1.82) is 0 Å². The van der Waals surface area contributed by atoms with Crippen molar-refractivity contribution in [3.63, 3.8) is 0 Å². The molecule has 0 aliphatic carbocycles. The van der Waals surface area contributed by atoms with Crippen LogP contribution in [0.2, 0.25) is 10.0 Å². The number of aryl methyl sites for hydroxylation is 1. The Morgan fingerprint density at radius 1 is 1.16 bits per heavy atom. The van der Waals surface area contributed by atoms with Crippen LogP contribution >= 0.6 is 23.2 Å². The highest BCUT2D eigenvalue weighted by Gasteiger charge is 2.20. The number of ether oxygens (including phenoxy) is 1. The molecule has 0 unspecified atom stereocenters. The lowest BCUT2D eigenvalue weighted by atomic mass is 10.2. The fourth-order valence-electron chi connectivity index (χ4n) is 3.29. The molecule has 0 radical (unpaired) electrons. The number of nitrogens with zero attached hydrogens (tertiary/aromatic N) is 5. The molecule has 0 saturated carbocycles. The lowest BCUT2D eigenvalue weighted by molar-refractivity contribution is 0.0522. The highest BCUT2D eigenvalue weighted by molar-refractivity contribution is 6.42. The third-order valence-electron chi connectivity index (χ3n) is 4.90. The Balaban J connectivity index is 1.95. The molecule has 9 nitrogen and oxygen atoms in total. The van der Waals surface area contributed by atoms with Crippen molar-refractivity contribution in [3.05, 3.63) is 84.6 Å². The van der Waals surface area contributed by atoms with E-state index < -0.39 is 17.2 Å². The van der Waals surface area contributed by atoms with E-state index in [-0.39, 0.29) is 28.8 Å². The molecule has 32 heavy (non-hydrogen) atoms. The number of carbonyl (C=O) groups is 1. The molecule has 11 heteroatoms. The van der Waals surface area contributed by atoms with Crippen LogP contribution in [0.5, 0.6) is 0 Å².